The zero-order chi connectivity index (χ0) is 25.1. The molecule has 4 rings (SSSR count). The summed E-state index contributed by atoms with van der Waals surface area (Å²) in [6, 6.07) is 18.7. The van der Waals surface area contributed by atoms with E-state index >= 15 is 0 Å². The Hall–Kier alpha value is -3.06. The Morgan fingerprint density at radius 1 is 0.971 bits per heavy atom. The van der Waals surface area contributed by atoms with Crippen LogP contribution in [0.25, 0.3) is 6.08 Å². The largest absolute Gasteiger partial charge is 0.494 e. The van der Waals surface area contributed by atoms with E-state index in [1.165, 1.54) is 10.5 Å². The number of rotatable bonds is 7. The highest BCUT2D eigenvalue weighted by Gasteiger charge is 2.36. The van der Waals surface area contributed by atoms with Crippen LogP contribution in [0.5, 0.6) is 11.5 Å². The van der Waals surface area contributed by atoms with Gasteiger partial charge in [0.15, 0.2) is 10.9 Å². The van der Waals surface area contributed by atoms with Crippen LogP contribution in [-0.4, -0.2) is 29.6 Å². The number of hydrogen-bond donors (Lipinski definition) is 0. The van der Waals surface area contributed by atoms with Gasteiger partial charge in [0, 0.05) is 7.05 Å². The second-order valence-corrected chi connectivity index (χ2v) is 9.21. The van der Waals surface area contributed by atoms with E-state index in [4.69, 9.17) is 44.9 Å². The first kappa shape index (κ1) is 25.0. The monoisotopic (exact) mass is 526 g/mol. The maximum Gasteiger partial charge on any atom is 0.281 e. The molecule has 0 saturated carbocycles. The van der Waals surface area contributed by atoms with Crippen molar-refractivity contribution >= 4 is 58.2 Å². The minimum atomic E-state index is -0.242. The SMILES string of the molecule is CCOc1ccc(N2C(=O)/C(=C/c3cc(Cl)c(OCc4ccc(C)cc4)c(Cl)c3)N(C)C2=S)cc1. The highest BCUT2D eigenvalue weighted by Crippen LogP contribution is 2.36. The smallest absolute Gasteiger partial charge is 0.281 e. The molecule has 8 heteroatoms. The molecule has 1 amide bonds. The lowest BCUT2D eigenvalue weighted by Crippen LogP contribution is -2.31. The lowest BCUT2D eigenvalue weighted by Gasteiger charge is -2.16. The van der Waals surface area contributed by atoms with E-state index in [2.05, 4.69) is 0 Å². The second-order valence-electron chi connectivity index (χ2n) is 8.03. The summed E-state index contributed by atoms with van der Waals surface area (Å²) >= 11 is 18.5. The van der Waals surface area contributed by atoms with E-state index in [0.717, 1.165) is 11.3 Å². The van der Waals surface area contributed by atoms with Crippen molar-refractivity contribution in [1.29, 1.82) is 0 Å². The van der Waals surface area contributed by atoms with Gasteiger partial charge in [-0.25, -0.2) is 0 Å². The topological polar surface area (TPSA) is 42.0 Å². The summed E-state index contributed by atoms with van der Waals surface area (Å²) in [5, 5.41) is 1.09. The maximum absolute atomic E-state index is 13.3. The van der Waals surface area contributed by atoms with E-state index in [0.29, 0.717) is 51.1 Å². The number of halogens is 2. The quantitative estimate of drug-likeness (QED) is 0.248. The van der Waals surface area contributed by atoms with Crippen molar-refractivity contribution in [3.63, 3.8) is 0 Å². The summed E-state index contributed by atoms with van der Waals surface area (Å²) in [4.78, 5) is 16.4. The van der Waals surface area contributed by atoms with Crippen LogP contribution in [0.15, 0.2) is 66.4 Å². The van der Waals surface area contributed by atoms with E-state index in [1.54, 1.807) is 42.3 Å². The van der Waals surface area contributed by atoms with Crippen LogP contribution in [-0.2, 0) is 11.4 Å². The Kier molecular flexibility index (Phi) is 7.65. The zero-order valence-corrected chi connectivity index (χ0v) is 21.9. The van der Waals surface area contributed by atoms with Crippen LogP contribution >= 0.6 is 35.4 Å². The van der Waals surface area contributed by atoms with Crippen LogP contribution in [0.4, 0.5) is 5.69 Å². The van der Waals surface area contributed by atoms with Crippen LogP contribution in [0, 0.1) is 6.92 Å². The van der Waals surface area contributed by atoms with E-state index < -0.39 is 0 Å². The van der Waals surface area contributed by atoms with Gasteiger partial charge in [-0.15, -0.1) is 0 Å². The fourth-order valence-electron chi connectivity index (χ4n) is 3.64. The average Bonchev–Trinajstić information content (AvgIpc) is 3.03. The third-order valence-corrected chi connectivity index (χ3v) is 6.51. The number of anilines is 1. The molecule has 3 aromatic rings. The lowest BCUT2D eigenvalue weighted by atomic mass is 10.1. The summed E-state index contributed by atoms with van der Waals surface area (Å²) in [5.41, 5.74) is 3.91. The molecule has 1 aliphatic rings. The zero-order valence-electron chi connectivity index (χ0n) is 19.5. The molecular weight excluding hydrogens is 503 g/mol. The number of benzene rings is 3. The molecule has 0 radical (unpaired) electrons. The van der Waals surface area contributed by atoms with Crippen LogP contribution in [0.3, 0.4) is 0 Å². The van der Waals surface area contributed by atoms with Crippen LogP contribution in [0.2, 0.25) is 10.0 Å². The first-order valence-electron chi connectivity index (χ1n) is 11.0. The average molecular weight is 527 g/mol. The minimum absolute atomic E-state index is 0.242. The summed E-state index contributed by atoms with van der Waals surface area (Å²) in [7, 11) is 1.75. The van der Waals surface area contributed by atoms with Crippen LogP contribution in [0.1, 0.15) is 23.6 Å². The molecule has 0 N–H and O–H groups in total. The van der Waals surface area contributed by atoms with Gasteiger partial charge in [0.1, 0.15) is 18.1 Å². The Morgan fingerprint density at radius 2 is 1.60 bits per heavy atom. The molecule has 1 fully saturated rings. The molecule has 5 nitrogen and oxygen atoms in total. The van der Waals surface area contributed by atoms with Gasteiger partial charge in [-0.2, -0.15) is 0 Å². The van der Waals surface area contributed by atoms with Gasteiger partial charge in [-0.1, -0.05) is 53.0 Å². The summed E-state index contributed by atoms with van der Waals surface area (Å²) in [5.74, 6) is 0.884. The van der Waals surface area contributed by atoms with Gasteiger partial charge in [-0.05, 0) is 79.7 Å². The number of ether oxygens (including phenoxy) is 2. The molecule has 0 spiro atoms. The predicted molar refractivity (Wildman–Crippen MR) is 145 cm³/mol. The van der Waals surface area contributed by atoms with Gasteiger partial charge in [0.2, 0.25) is 0 Å². The molecule has 1 saturated heterocycles. The fourth-order valence-corrected chi connectivity index (χ4v) is 4.54. The number of nitrogens with zero attached hydrogens (tertiary/aromatic N) is 2. The number of carbonyl (C=O) groups is 1. The molecule has 0 atom stereocenters. The van der Waals surface area contributed by atoms with E-state index in [1.807, 2.05) is 50.2 Å². The summed E-state index contributed by atoms with van der Waals surface area (Å²) < 4.78 is 11.4. The van der Waals surface area contributed by atoms with Crippen LogP contribution < -0.4 is 14.4 Å². The Balaban J connectivity index is 1.55. The van der Waals surface area contributed by atoms with E-state index in [9.17, 15) is 4.79 Å². The Morgan fingerprint density at radius 3 is 2.20 bits per heavy atom. The number of thiocarbonyl (C=S) groups is 1. The normalized spacial score (nSPS) is 14.7. The third kappa shape index (κ3) is 5.45. The van der Waals surface area contributed by atoms with E-state index in [-0.39, 0.29) is 5.91 Å². The first-order chi connectivity index (χ1) is 16.8. The number of hydrogen-bond acceptors (Lipinski definition) is 4. The standard InChI is InChI=1S/C27H24Cl2N2O3S/c1-4-33-21-11-9-20(10-12-21)31-26(32)24(30(3)27(31)35)15-19-13-22(28)25(23(29)14-19)34-16-18-7-5-17(2)6-8-18/h5-15H,4,16H2,1-3H3/b24-15-. The van der Waals surface area contributed by atoms with Crippen molar-refractivity contribution in [2.75, 3.05) is 18.6 Å². The van der Waals surface area contributed by atoms with Gasteiger partial charge in [0.05, 0.1) is 22.3 Å². The Bertz CT molecular complexity index is 1270. The molecule has 180 valence electrons. The van der Waals surface area contributed by atoms with Crippen molar-refractivity contribution in [3.8, 4) is 11.5 Å². The first-order valence-corrected chi connectivity index (χ1v) is 12.2. The van der Waals surface area contributed by atoms with Crippen molar-refractivity contribution in [2.24, 2.45) is 0 Å². The molecular formula is C27H24Cl2N2O3S. The molecule has 0 aliphatic carbocycles. The van der Waals surface area contributed by atoms with Gasteiger partial charge in [0.25, 0.3) is 5.91 Å². The third-order valence-electron chi connectivity index (χ3n) is 5.50. The fraction of sp³-hybridized carbons (Fsp3) is 0.185. The number of carbonyl (C=O) groups excluding carboxylic acids is 1. The molecule has 0 unspecified atom stereocenters. The lowest BCUT2D eigenvalue weighted by molar-refractivity contribution is -0.114. The second kappa shape index (κ2) is 10.7. The van der Waals surface area contributed by atoms with Crippen molar-refractivity contribution in [1.82, 2.24) is 4.90 Å². The molecule has 0 bridgehead atoms. The molecule has 3 aromatic carbocycles. The minimum Gasteiger partial charge on any atom is -0.494 e. The number of aryl methyl sites for hydroxylation is 1. The highest BCUT2D eigenvalue weighted by molar-refractivity contribution is 7.80. The molecule has 1 heterocycles. The summed E-state index contributed by atoms with van der Waals surface area (Å²) in [6.07, 6.45) is 1.71. The van der Waals surface area contributed by atoms with Crippen molar-refractivity contribution in [2.45, 2.75) is 20.5 Å². The van der Waals surface area contributed by atoms with Crippen molar-refractivity contribution < 1.29 is 14.3 Å². The molecule has 35 heavy (non-hydrogen) atoms. The van der Waals surface area contributed by atoms with Gasteiger partial charge in [-0.3, -0.25) is 9.69 Å². The maximum atomic E-state index is 13.3. The molecule has 0 aromatic heterocycles. The number of amides is 1. The van der Waals surface area contributed by atoms with Gasteiger partial charge < -0.3 is 14.4 Å². The van der Waals surface area contributed by atoms with Gasteiger partial charge >= 0.3 is 0 Å². The highest BCUT2D eigenvalue weighted by atomic mass is 35.5. The Labute approximate surface area is 220 Å². The predicted octanol–water partition coefficient (Wildman–Crippen LogP) is 6.88. The molecule has 1 aliphatic heterocycles. The summed E-state index contributed by atoms with van der Waals surface area (Å²) in [6.45, 7) is 4.85. The van der Waals surface area contributed by atoms with Crippen molar-refractivity contribution in [3.05, 3.63) is 93.1 Å². The number of likely N-dealkylation sites (N-methyl/N-ethyl adjacent to an activating group) is 1.